The van der Waals surface area contributed by atoms with Crippen LogP contribution in [0.3, 0.4) is 0 Å². The first kappa shape index (κ1) is 10.6. The van der Waals surface area contributed by atoms with E-state index in [4.69, 9.17) is 0 Å². The molecule has 0 saturated heterocycles. The zero-order chi connectivity index (χ0) is 9.40. The molecule has 0 atom stereocenters. The first-order valence-electron chi connectivity index (χ1n) is 3.85. The molecule has 12 heavy (non-hydrogen) atoms. The molecule has 0 aliphatic heterocycles. The van der Waals surface area contributed by atoms with Gasteiger partial charge >= 0.3 is 0 Å². The maximum absolute atomic E-state index is 11.0. The van der Waals surface area contributed by atoms with E-state index >= 15 is 0 Å². The Kier molecular flexibility index (Phi) is 5.57. The van der Waals surface area contributed by atoms with Crippen LogP contribution in [0.25, 0.3) is 0 Å². The molecule has 0 spiro atoms. The zero-order valence-electron chi connectivity index (χ0n) is 7.69. The summed E-state index contributed by atoms with van der Waals surface area (Å²) in [5.74, 6) is 10.4. The lowest BCUT2D eigenvalue weighted by Gasteiger charge is -2.04. The van der Waals surface area contributed by atoms with Crippen LogP contribution in [0.15, 0.2) is 0 Å². The SMILES string of the molecule is CC#CC#CCC(=O)NC(C)C. The van der Waals surface area contributed by atoms with Gasteiger partial charge in [0.2, 0.25) is 5.91 Å². The first-order valence-corrected chi connectivity index (χ1v) is 3.85. The van der Waals surface area contributed by atoms with E-state index in [1.54, 1.807) is 6.92 Å². The summed E-state index contributed by atoms with van der Waals surface area (Å²) >= 11 is 0. The summed E-state index contributed by atoms with van der Waals surface area (Å²) in [6.07, 6.45) is 0.229. The maximum Gasteiger partial charge on any atom is 0.232 e. The Morgan fingerprint density at radius 2 is 2.08 bits per heavy atom. The zero-order valence-corrected chi connectivity index (χ0v) is 7.69. The van der Waals surface area contributed by atoms with Crippen molar-refractivity contribution in [3.05, 3.63) is 0 Å². The largest absolute Gasteiger partial charge is 0.353 e. The van der Waals surface area contributed by atoms with Crippen LogP contribution in [0.1, 0.15) is 27.2 Å². The van der Waals surface area contributed by atoms with Gasteiger partial charge in [-0.3, -0.25) is 4.79 Å². The lowest BCUT2D eigenvalue weighted by Crippen LogP contribution is -2.29. The van der Waals surface area contributed by atoms with Crippen molar-refractivity contribution >= 4 is 5.91 Å². The Hall–Kier alpha value is -1.41. The average Bonchev–Trinajstić information content (AvgIpc) is 1.97. The molecule has 1 N–H and O–H groups in total. The monoisotopic (exact) mass is 163 g/mol. The fraction of sp³-hybridized carbons (Fsp3) is 0.500. The molecule has 0 rings (SSSR count). The molecule has 0 fully saturated rings. The summed E-state index contributed by atoms with van der Waals surface area (Å²) in [5.41, 5.74) is 0. The van der Waals surface area contributed by atoms with E-state index in [0.29, 0.717) is 0 Å². The number of hydrogen-bond acceptors (Lipinski definition) is 1. The van der Waals surface area contributed by atoms with Crippen molar-refractivity contribution in [2.24, 2.45) is 0 Å². The van der Waals surface area contributed by atoms with Crippen molar-refractivity contribution in [2.75, 3.05) is 0 Å². The second-order valence-electron chi connectivity index (χ2n) is 2.58. The third kappa shape index (κ3) is 6.71. The van der Waals surface area contributed by atoms with Crippen molar-refractivity contribution in [3.63, 3.8) is 0 Å². The van der Waals surface area contributed by atoms with Gasteiger partial charge in [-0.05, 0) is 32.6 Å². The highest BCUT2D eigenvalue weighted by Crippen LogP contribution is 1.80. The van der Waals surface area contributed by atoms with E-state index in [0.717, 1.165) is 0 Å². The third-order valence-electron chi connectivity index (χ3n) is 0.974. The summed E-state index contributed by atoms with van der Waals surface area (Å²) in [5, 5.41) is 2.73. The van der Waals surface area contributed by atoms with Gasteiger partial charge in [0.1, 0.15) is 0 Å². The Balaban J connectivity index is 3.71. The predicted octanol–water partition coefficient (Wildman–Crippen LogP) is 0.928. The fourth-order valence-corrected chi connectivity index (χ4v) is 0.604. The van der Waals surface area contributed by atoms with Gasteiger partial charge in [-0.2, -0.15) is 0 Å². The predicted molar refractivity (Wildman–Crippen MR) is 49.1 cm³/mol. The molecule has 0 bridgehead atoms. The summed E-state index contributed by atoms with van der Waals surface area (Å²) in [4.78, 5) is 11.0. The van der Waals surface area contributed by atoms with E-state index in [1.165, 1.54) is 0 Å². The summed E-state index contributed by atoms with van der Waals surface area (Å²) in [6.45, 7) is 5.54. The Morgan fingerprint density at radius 1 is 1.42 bits per heavy atom. The minimum Gasteiger partial charge on any atom is -0.353 e. The standard InChI is InChI=1S/C10H13NO/c1-4-5-6-7-8-10(12)11-9(2)3/h9H,8H2,1-3H3,(H,11,12). The van der Waals surface area contributed by atoms with E-state index in [2.05, 4.69) is 29.0 Å². The molecule has 0 aliphatic carbocycles. The van der Waals surface area contributed by atoms with Crippen LogP contribution in [0.5, 0.6) is 0 Å². The Labute approximate surface area is 73.7 Å². The Bertz CT molecular complexity index is 257. The number of nitrogens with one attached hydrogen (secondary N) is 1. The normalized spacial score (nSPS) is 7.67. The number of amides is 1. The number of carbonyl (C=O) groups is 1. The molecular weight excluding hydrogens is 150 g/mol. The minimum atomic E-state index is -0.0459. The third-order valence-corrected chi connectivity index (χ3v) is 0.974. The molecular formula is C10H13NO. The molecule has 0 aromatic heterocycles. The van der Waals surface area contributed by atoms with Crippen LogP contribution >= 0.6 is 0 Å². The molecule has 0 aromatic carbocycles. The van der Waals surface area contributed by atoms with Crippen LogP contribution in [-0.4, -0.2) is 11.9 Å². The smallest absolute Gasteiger partial charge is 0.232 e. The van der Waals surface area contributed by atoms with Crippen LogP contribution < -0.4 is 5.32 Å². The van der Waals surface area contributed by atoms with Gasteiger partial charge in [0.05, 0.1) is 6.42 Å². The van der Waals surface area contributed by atoms with Crippen LogP contribution in [-0.2, 0) is 4.79 Å². The highest BCUT2D eigenvalue weighted by molar-refractivity contribution is 5.78. The highest BCUT2D eigenvalue weighted by Gasteiger charge is 1.98. The van der Waals surface area contributed by atoms with Crippen molar-refractivity contribution in [1.29, 1.82) is 0 Å². The van der Waals surface area contributed by atoms with Gasteiger partial charge < -0.3 is 5.32 Å². The summed E-state index contributed by atoms with van der Waals surface area (Å²) < 4.78 is 0. The van der Waals surface area contributed by atoms with Gasteiger partial charge in [0.15, 0.2) is 0 Å². The van der Waals surface area contributed by atoms with Crippen LogP contribution in [0, 0.1) is 23.7 Å². The quantitative estimate of drug-likeness (QED) is 0.603. The molecule has 2 heteroatoms. The molecule has 0 heterocycles. The molecule has 0 unspecified atom stereocenters. The molecule has 0 aliphatic rings. The topological polar surface area (TPSA) is 29.1 Å². The number of rotatable bonds is 2. The van der Waals surface area contributed by atoms with Crippen molar-refractivity contribution in [1.82, 2.24) is 5.32 Å². The molecule has 0 radical (unpaired) electrons. The number of hydrogen-bond donors (Lipinski definition) is 1. The second-order valence-corrected chi connectivity index (χ2v) is 2.58. The van der Waals surface area contributed by atoms with Gasteiger partial charge in [-0.25, -0.2) is 0 Å². The molecule has 0 aromatic rings. The van der Waals surface area contributed by atoms with Gasteiger partial charge in [-0.15, -0.1) is 0 Å². The lowest BCUT2D eigenvalue weighted by atomic mass is 10.3. The average molecular weight is 163 g/mol. The summed E-state index contributed by atoms with van der Waals surface area (Å²) in [7, 11) is 0. The van der Waals surface area contributed by atoms with Crippen molar-refractivity contribution in [2.45, 2.75) is 33.2 Å². The van der Waals surface area contributed by atoms with E-state index in [-0.39, 0.29) is 18.4 Å². The highest BCUT2D eigenvalue weighted by atomic mass is 16.1. The van der Waals surface area contributed by atoms with Gasteiger partial charge in [0, 0.05) is 6.04 Å². The van der Waals surface area contributed by atoms with Crippen molar-refractivity contribution in [3.8, 4) is 23.7 Å². The lowest BCUT2D eigenvalue weighted by molar-refractivity contribution is -0.120. The van der Waals surface area contributed by atoms with Crippen LogP contribution in [0.4, 0.5) is 0 Å². The van der Waals surface area contributed by atoms with E-state index in [9.17, 15) is 4.79 Å². The van der Waals surface area contributed by atoms with Gasteiger partial charge in [0.25, 0.3) is 0 Å². The van der Waals surface area contributed by atoms with E-state index in [1.807, 2.05) is 13.8 Å². The fourth-order valence-electron chi connectivity index (χ4n) is 0.604. The number of carbonyl (C=O) groups excluding carboxylic acids is 1. The molecule has 1 amide bonds. The maximum atomic E-state index is 11.0. The summed E-state index contributed by atoms with van der Waals surface area (Å²) in [6, 6.07) is 0.177. The van der Waals surface area contributed by atoms with E-state index < -0.39 is 0 Å². The van der Waals surface area contributed by atoms with Crippen LogP contribution in [0.2, 0.25) is 0 Å². The molecule has 0 saturated carbocycles. The molecule has 64 valence electrons. The molecule has 2 nitrogen and oxygen atoms in total. The minimum absolute atomic E-state index is 0.0459. The van der Waals surface area contributed by atoms with Gasteiger partial charge in [-0.1, -0.05) is 11.8 Å². The van der Waals surface area contributed by atoms with Crippen molar-refractivity contribution < 1.29 is 4.79 Å². The second kappa shape index (κ2) is 6.31. The first-order chi connectivity index (χ1) is 5.66. The Morgan fingerprint density at radius 3 is 2.58 bits per heavy atom.